The van der Waals surface area contributed by atoms with Gasteiger partial charge >= 0.3 is 10.4 Å². The summed E-state index contributed by atoms with van der Waals surface area (Å²) >= 11 is 0. The van der Waals surface area contributed by atoms with Gasteiger partial charge in [0, 0.05) is 0 Å². The second-order valence-corrected chi connectivity index (χ2v) is 7.40. The largest absolute Gasteiger partial charge is 0.399 e. The summed E-state index contributed by atoms with van der Waals surface area (Å²) in [6.45, 7) is 7.83. The van der Waals surface area contributed by atoms with Crippen LogP contribution >= 0.6 is 0 Å². The Hall–Kier alpha value is -1.43. The highest BCUT2D eigenvalue weighted by Gasteiger charge is 2.13. The summed E-state index contributed by atoms with van der Waals surface area (Å²) in [5.74, 6) is 0.356. The Morgan fingerprint density at radius 2 is 1.04 bits per heavy atom. The van der Waals surface area contributed by atoms with E-state index in [0.29, 0.717) is 0 Å². The Balaban J connectivity index is 0.000000235. The molecule has 2 aromatic rings. The maximum Gasteiger partial charge on any atom is 0.399 e. The van der Waals surface area contributed by atoms with Gasteiger partial charge in [-0.15, -0.1) is 0 Å². The Bertz CT molecular complexity index is 595. The van der Waals surface area contributed by atoms with Crippen molar-refractivity contribution in [3.05, 3.63) is 48.5 Å². The van der Waals surface area contributed by atoms with Crippen molar-refractivity contribution in [3.63, 3.8) is 0 Å². The van der Waals surface area contributed by atoms with Gasteiger partial charge in [0.15, 0.2) is 0 Å². The predicted molar refractivity (Wildman–Crippen MR) is 94.4 cm³/mol. The summed E-state index contributed by atoms with van der Waals surface area (Å²) in [6, 6.07) is 16.7. The Morgan fingerprint density at radius 1 is 0.739 bits per heavy atom. The van der Waals surface area contributed by atoms with Crippen molar-refractivity contribution >= 4 is 21.2 Å². The number of hydrogen-bond donors (Lipinski definition) is 0. The fraction of sp³-hybridized carbons (Fsp3) is 0.444. The molecule has 0 aromatic heterocycles. The van der Waals surface area contributed by atoms with Crippen LogP contribution in [0.3, 0.4) is 0 Å². The normalized spacial score (nSPS) is 11.6. The maximum absolute atomic E-state index is 11.0. The third-order valence-corrected chi connectivity index (χ3v) is 3.60. The second-order valence-electron chi connectivity index (χ2n) is 6.11. The number of benzene rings is 2. The minimum Gasteiger partial charge on any atom is -0.248 e. The lowest BCUT2D eigenvalue weighted by molar-refractivity contribution is 0.183. The molecule has 23 heavy (non-hydrogen) atoms. The van der Waals surface area contributed by atoms with Gasteiger partial charge < -0.3 is 0 Å². The first kappa shape index (κ1) is 19.6. The minimum absolute atomic E-state index is 0.167. The van der Waals surface area contributed by atoms with Gasteiger partial charge in [-0.3, -0.25) is 0 Å². The molecule has 4 nitrogen and oxygen atoms in total. The van der Waals surface area contributed by atoms with Gasteiger partial charge in [-0.2, -0.15) is 8.42 Å². The molecule has 2 aromatic carbocycles. The summed E-state index contributed by atoms with van der Waals surface area (Å²) in [5.41, 5.74) is 0. The molecule has 0 heterocycles. The lowest BCUT2D eigenvalue weighted by Crippen LogP contribution is -2.16. The van der Waals surface area contributed by atoms with E-state index in [-0.39, 0.29) is 25.0 Å². The molecule has 0 aliphatic carbocycles. The van der Waals surface area contributed by atoms with Gasteiger partial charge in [-0.25, -0.2) is 8.37 Å². The molecule has 0 saturated carbocycles. The Labute approximate surface area is 139 Å². The van der Waals surface area contributed by atoms with Gasteiger partial charge in [0.1, 0.15) is 0 Å². The molecule has 0 atom stereocenters. The summed E-state index contributed by atoms with van der Waals surface area (Å²) in [4.78, 5) is 0. The van der Waals surface area contributed by atoms with Crippen molar-refractivity contribution in [2.75, 3.05) is 13.2 Å². The van der Waals surface area contributed by atoms with Crippen LogP contribution in [0.25, 0.3) is 10.8 Å². The highest BCUT2D eigenvalue weighted by molar-refractivity contribution is 7.81. The maximum atomic E-state index is 11.0. The fourth-order valence-electron chi connectivity index (χ4n) is 1.61. The fourth-order valence-corrected chi connectivity index (χ4v) is 2.55. The molecular weight excluding hydrogens is 312 g/mol. The first-order valence-corrected chi connectivity index (χ1v) is 9.11. The molecule has 0 aliphatic rings. The molecule has 0 unspecified atom stereocenters. The van der Waals surface area contributed by atoms with Crippen LogP contribution in [0.1, 0.15) is 27.7 Å². The molecule has 0 fully saturated rings. The first-order valence-electron chi connectivity index (χ1n) is 7.77. The standard InChI is InChI=1S/C10H8.C8H18O4S/c1-2-6-10-8-4-3-7-9(10)5-1;1-7(2)5-11-13(9,10)12-6-8(3)4/h1-8H;7-8H,5-6H2,1-4H3. The summed E-state index contributed by atoms with van der Waals surface area (Å²) in [5, 5.41) is 2.62. The van der Waals surface area contributed by atoms with E-state index >= 15 is 0 Å². The van der Waals surface area contributed by atoms with Gasteiger partial charge in [-0.1, -0.05) is 76.2 Å². The molecule has 0 amide bonds. The average Bonchev–Trinajstić information content (AvgIpc) is 2.52. The van der Waals surface area contributed by atoms with E-state index in [1.807, 2.05) is 27.7 Å². The average molecular weight is 338 g/mol. The molecular formula is C18H26O4S. The van der Waals surface area contributed by atoms with E-state index < -0.39 is 10.4 Å². The zero-order valence-electron chi connectivity index (χ0n) is 14.2. The topological polar surface area (TPSA) is 52.6 Å². The van der Waals surface area contributed by atoms with Crippen LogP contribution in [0.4, 0.5) is 0 Å². The number of hydrogen-bond acceptors (Lipinski definition) is 4. The van der Waals surface area contributed by atoms with E-state index in [2.05, 4.69) is 56.9 Å². The Morgan fingerprint density at radius 3 is 1.30 bits per heavy atom. The van der Waals surface area contributed by atoms with Crippen LogP contribution in [0, 0.1) is 11.8 Å². The smallest absolute Gasteiger partial charge is 0.248 e. The monoisotopic (exact) mass is 338 g/mol. The van der Waals surface area contributed by atoms with Crippen LogP contribution in [0.5, 0.6) is 0 Å². The molecule has 0 radical (unpaired) electrons. The van der Waals surface area contributed by atoms with E-state index in [4.69, 9.17) is 0 Å². The van der Waals surface area contributed by atoms with Crippen molar-refractivity contribution < 1.29 is 16.8 Å². The SMILES string of the molecule is CC(C)COS(=O)(=O)OCC(C)C.c1ccc2ccccc2c1. The number of rotatable bonds is 6. The summed E-state index contributed by atoms with van der Waals surface area (Å²) in [6.07, 6.45) is 0. The van der Waals surface area contributed by atoms with Crippen LogP contribution in [-0.4, -0.2) is 21.6 Å². The first-order chi connectivity index (χ1) is 10.8. The van der Waals surface area contributed by atoms with Crippen molar-refractivity contribution in [2.24, 2.45) is 11.8 Å². The molecule has 0 aliphatic heterocycles. The zero-order chi connectivity index (χ0) is 17.3. The van der Waals surface area contributed by atoms with E-state index in [1.165, 1.54) is 10.8 Å². The van der Waals surface area contributed by atoms with Gasteiger partial charge in [-0.05, 0) is 22.6 Å². The van der Waals surface area contributed by atoms with E-state index in [9.17, 15) is 8.42 Å². The predicted octanol–water partition coefficient (Wildman–Crippen LogP) is 4.42. The van der Waals surface area contributed by atoms with Crippen LogP contribution < -0.4 is 0 Å². The molecule has 0 N–H and O–H groups in total. The van der Waals surface area contributed by atoms with Gasteiger partial charge in [0.25, 0.3) is 0 Å². The van der Waals surface area contributed by atoms with Crippen LogP contribution in [-0.2, 0) is 18.8 Å². The zero-order valence-corrected chi connectivity index (χ0v) is 15.0. The molecule has 5 heteroatoms. The van der Waals surface area contributed by atoms with Gasteiger partial charge in [0.05, 0.1) is 13.2 Å². The number of fused-ring (bicyclic) bond motifs is 1. The highest BCUT2D eigenvalue weighted by atomic mass is 32.3. The lowest BCUT2D eigenvalue weighted by atomic mass is 10.1. The molecule has 0 bridgehead atoms. The summed E-state index contributed by atoms with van der Waals surface area (Å²) in [7, 11) is -3.77. The molecule has 0 spiro atoms. The molecule has 0 saturated heterocycles. The third kappa shape index (κ3) is 8.69. The molecule has 2 rings (SSSR count). The van der Waals surface area contributed by atoms with E-state index in [0.717, 1.165) is 0 Å². The Kier molecular flexibility index (Phi) is 8.23. The molecule has 128 valence electrons. The van der Waals surface area contributed by atoms with Crippen molar-refractivity contribution in [2.45, 2.75) is 27.7 Å². The highest BCUT2D eigenvalue weighted by Crippen LogP contribution is 2.11. The lowest BCUT2D eigenvalue weighted by Gasteiger charge is -2.08. The minimum atomic E-state index is -3.77. The van der Waals surface area contributed by atoms with Crippen LogP contribution in [0.15, 0.2) is 48.5 Å². The van der Waals surface area contributed by atoms with E-state index in [1.54, 1.807) is 0 Å². The quantitative estimate of drug-likeness (QED) is 0.782. The second kappa shape index (κ2) is 9.65. The van der Waals surface area contributed by atoms with Gasteiger partial charge in [0.2, 0.25) is 0 Å². The third-order valence-electron chi connectivity index (χ3n) is 2.75. The summed E-state index contributed by atoms with van der Waals surface area (Å²) < 4.78 is 31.2. The van der Waals surface area contributed by atoms with Crippen molar-refractivity contribution in [1.29, 1.82) is 0 Å². The van der Waals surface area contributed by atoms with Crippen molar-refractivity contribution in [3.8, 4) is 0 Å². The van der Waals surface area contributed by atoms with Crippen molar-refractivity contribution in [1.82, 2.24) is 0 Å². The van der Waals surface area contributed by atoms with Crippen LogP contribution in [0.2, 0.25) is 0 Å².